The summed E-state index contributed by atoms with van der Waals surface area (Å²) in [6.45, 7) is 8.64. The molecule has 1 saturated heterocycles. The molecule has 2 aromatic carbocycles. The Kier molecular flexibility index (Phi) is 9.40. The molecule has 47 heavy (non-hydrogen) atoms. The van der Waals surface area contributed by atoms with Gasteiger partial charge in [0, 0.05) is 57.1 Å². The fourth-order valence-corrected chi connectivity index (χ4v) is 7.51. The van der Waals surface area contributed by atoms with Crippen LogP contribution in [0.15, 0.2) is 73.1 Å². The maximum Gasteiger partial charge on any atom is 0.239 e. The van der Waals surface area contributed by atoms with Gasteiger partial charge in [-0.05, 0) is 80.0 Å². The van der Waals surface area contributed by atoms with Crippen LogP contribution >= 0.6 is 0 Å². The number of fused-ring (bicyclic) bond motifs is 1. The van der Waals surface area contributed by atoms with Crippen molar-refractivity contribution in [3.63, 3.8) is 0 Å². The summed E-state index contributed by atoms with van der Waals surface area (Å²) < 4.78 is 0. The SMILES string of the molecule is CC(C)(C)NC(=O)[C@@H]1CN(Cc2cccnc2)CCN1C[C@@H](O)C[C@]1(C(=O)N[C@H]2c3cc(O)ccc3C[C@H]2O)CC1c1ccccc1. The van der Waals surface area contributed by atoms with Crippen molar-refractivity contribution in [2.45, 2.75) is 82.3 Å². The molecule has 10 nitrogen and oxygen atoms in total. The normalized spacial score (nSPS) is 26.7. The number of aromatic nitrogens is 1. The molecule has 1 aromatic heterocycles. The molecule has 6 rings (SSSR count). The Hall–Kier alpha value is -3.83. The third-order valence-corrected chi connectivity index (χ3v) is 9.84. The highest BCUT2D eigenvalue weighted by atomic mass is 16.3. The van der Waals surface area contributed by atoms with Crippen LogP contribution in [0.5, 0.6) is 5.75 Å². The summed E-state index contributed by atoms with van der Waals surface area (Å²) in [6, 6.07) is 17.7. The third-order valence-electron chi connectivity index (χ3n) is 9.84. The lowest BCUT2D eigenvalue weighted by molar-refractivity contribution is -0.133. The molecule has 0 bridgehead atoms. The number of nitrogens with one attached hydrogen (secondary N) is 2. The van der Waals surface area contributed by atoms with Crippen molar-refractivity contribution in [1.82, 2.24) is 25.4 Å². The van der Waals surface area contributed by atoms with Crippen molar-refractivity contribution in [2.75, 3.05) is 26.2 Å². The zero-order valence-electron chi connectivity index (χ0n) is 27.5. The highest BCUT2D eigenvalue weighted by molar-refractivity contribution is 5.88. The van der Waals surface area contributed by atoms with Gasteiger partial charge in [-0.25, -0.2) is 0 Å². The Labute approximate surface area is 276 Å². The first-order chi connectivity index (χ1) is 22.4. The molecular weight excluding hydrogens is 594 g/mol. The van der Waals surface area contributed by atoms with Crippen LogP contribution in [0.2, 0.25) is 0 Å². The van der Waals surface area contributed by atoms with Crippen LogP contribution in [-0.4, -0.2) is 91.9 Å². The van der Waals surface area contributed by atoms with Gasteiger partial charge in [0.25, 0.3) is 0 Å². The minimum Gasteiger partial charge on any atom is -0.508 e. The number of benzene rings is 2. The average Bonchev–Trinajstić information content (AvgIpc) is 3.68. The van der Waals surface area contributed by atoms with Gasteiger partial charge in [0.1, 0.15) is 11.8 Å². The number of carbonyl (C=O) groups excluding carboxylic acids is 2. The van der Waals surface area contributed by atoms with E-state index in [-0.39, 0.29) is 36.4 Å². The van der Waals surface area contributed by atoms with E-state index in [2.05, 4.69) is 25.4 Å². The number of phenols is 1. The van der Waals surface area contributed by atoms with Crippen molar-refractivity contribution in [1.29, 1.82) is 0 Å². The maximum absolute atomic E-state index is 14.2. The van der Waals surface area contributed by atoms with Crippen LogP contribution in [0.25, 0.3) is 0 Å². The predicted octanol–water partition coefficient (Wildman–Crippen LogP) is 2.89. The summed E-state index contributed by atoms with van der Waals surface area (Å²) in [6.07, 6.45) is 3.10. The van der Waals surface area contributed by atoms with E-state index in [0.717, 1.165) is 28.8 Å². The molecule has 0 radical (unpaired) electrons. The largest absolute Gasteiger partial charge is 0.508 e. The molecular formula is C37H47N5O5. The molecule has 5 N–H and O–H groups in total. The van der Waals surface area contributed by atoms with Crippen LogP contribution in [0, 0.1) is 5.41 Å². The Morgan fingerprint density at radius 1 is 1.09 bits per heavy atom. The van der Waals surface area contributed by atoms with Crippen molar-refractivity contribution >= 4 is 11.8 Å². The van der Waals surface area contributed by atoms with Gasteiger partial charge in [-0.2, -0.15) is 0 Å². The number of pyridine rings is 1. The lowest BCUT2D eigenvalue weighted by atomic mass is 9.90. The molecule has 10 heteroatoms. The molecule has 1 saturated carbocycles. The Bertz CT molecular complexity index is 1560. The number of aromatic hydroxyl groups is 1. The molecule has 6 atom stereocenters. The van der Waals surface area contributed by atoms with Crippen molar-refractivity contribution in [3.8, 4) is 5.75 Å². The van der Waals surface area contributed by atoms with Gasteiger partial charge < -0.3 is 26.0 Å². The van der Waals surface area contributed by atoms with Gasteiger partial charge in [0.15, 0.2) is 0 Å². The van der Waals surface area contributed by atoms with E-state index in [1.807, 2.05) is 69.4 Å². The van der Waals surface area contributed by atoms with E-state index in [0.29, 0.717) is 32.5 Å². The number of β-amino-alcohol motifs (C(OH)–C–C–N with tert-alkyl or cyclic N) is 1. The second kappa shape index (κ2) is 13.4. The molecule has 2 aliphatic carbocycles. The monoisotopic (exact) mass is 641 g/mol. The van der Waals surface area contributed by atoms with E-state index in [1.165, 1.54) is 0 Å². The van der Waals surface area contributed by atoms with Gasteiger partial charge in [-0.3, -0.25) is 24.4 Å². The standard InChI is InChI=1S/C37H47N5O5/c1-36(2,3)40-34(46)31-23-41(21-24-8-7-13-38-20-24)14-15-42(31)22-28(44)18-37(19-30(37)25-9-5-4-6-10-25)35(47)39-33-29-17-27(43)12-11-26(29)16-32(33)45/h4-13,17,20,28,30-33,43-45H,14-16,18-19,21-23H2,1-3H3,(H,39,47)(H,40,46)/t28-,30?,31-,32+,33-,37-/m0/s1. The number of hydrogen-bond acceptors (Lipinski definition) is 8. The van der Waals surface area contributed by atoms with Gasteiger partial charge in [-0.1, -0.05) is 42.5 Å². The lowest BCUT2D eigenvalue weighted by Crippen LogP contribution is -2.62. The molecule has 1 unspecified atom stereocenters. The Morgan fingerprint density at radius 2 is 1.87 bits per heavy atom. The maximum atomic E-state index is 14.2. The summed E-state index contributed by atoms with van der Waals surface area (Å²) in [4.78, 5) is 36.3. The lowest BCUT2D eigenvalue weighted by Gasteiger charge is -2.42. The molecule has 2 fully saturated rings. The highest BCUT2D eigenvalue weighted by Crippen LogP contribution is 2.62. The minimum absolute atomic E-state index is 0.0845. The van der Waals surface area contributed by atoms with E-state index in [9.17, 15) is 24.9 Å². The first-order valence-electron chi connectivity index (χ1n) is 16.6. The number of aliphatic hydroxyl groups excluding tert-OH is 2. The quantitative estimate of drug-likeness (QED) is 0.228. The van der Waals surface area contributed by atoms with Crippen molar-refractivity contribution < 1.29 is 24.9 Å². The first-order valence-corrected chi connectivity index (χ1v) is 16.6. The van der Waals surface area contributed by atoms with Crippen LogP contribution in [-0.2, 0) is 22.6 Å². The Morgan fingerprint density at radius 3 is 2.60 bits per heavy atom. The zero-order valence-corrected chi connectivity index (χ0v) is 27.5. The minimum atomic E-state index is -0.870. The van der Waals surface area contributed by atoms with Crippen LogP contribution in [0.4, 0.5) is 0 Å². The molecule has 250 valence electrons. The van der Waals surface area contributed by atoms with Crippen LogP contribution in [0.1, 0.15) is 67.8 Å². The van der Waals surface area contributed by atoms with E-state index in [4.69, 9.17) is 0 Å². The number of amides is 2. The summed E-state index contributed by atoms with van der Waals surface area (Å²) in [7, 11) is 0. The van der Waals surface area contributed by atoms with Gasteiger partial charge in [0.2, 0.25) is 11.8 Å². The predicted molar refractivity (Wildman–Crippen MR) is 178 cm³/mol. The molecule has 2 amide bonds. The second-order valence-corrected chi connectivity index (χ2v) is 14.6. The smallest absolute Gasteiger partial charge is 0.239 e. The summed E-state index contributed by atoms with van der Waals surface area (Å²) in [5.41, 5.74) is 2.45. The number of phenolic OH excluding ortho intramolecular Hbond substituents is 1. The number of nitrogens with zero attached hydrogens (tertiary/aromatic N) is 3. The van der Waals surface area contributed by atoms with Crippen LogP contribution < -0.4 is 10.6 Å². The molecule has 3 aliphatic rings. The first kappa shape index (κ1) is 33.1. The van der Waals surface area contributed by atoms with E-state index >= 15 is 0 Å². The number of carbonyl (C=O) groups is 2. The van der Waals surface area contributed by atoms with E-state index in [1.54, 1.807) is 24.4 Å². The zero-order chi connectivity index (χ0) is 33.3. The number of hydrogen-bond donors (Lipinski definition) is 5. The summed E-state index contributed by atoms with van der Waals surface area (Å²) in [5, 5.41) is 38.9. The number of rotatable bonds is 10. The topological polar surface area (TPSA) is 138 Å². The Balaban J connectivity index is 1.19. The molecule has 2 heterocycles. The number of piperazine rings is 1. The van der Waals surface area contributed by atoms with Gasteiger partial charge in [-0.15, -0.1) is 0 Å². The second-order valence-electron chi connectivity index (χ2n) is 14.6. The van der Waals surface area contributed by atoms with Crippen LogP contribution in [0.3, 0.4) is 0 Å². The van der Waals surface area contributed by atoms with Gasteiger partial charge in [0.05, 0.1) is 23.7 Å². The fourth-order valence-electron chi connectivity index (χ4n) is 7.51. The van der Waals surface area contributed by atoms with Crippen molar-refractivity contribution in [2.24, 2.45) is 5.41 Å². The number of aliphatic hydroxyl groups is 2. The highest BCUT2D eigenvalue weighted by Gasteiger charge is 2.61. The molecule has 1 aliphatic heterocycles. The van der Waals surface area contributed by atoms with Gasteiger partial charge >= 0.3 is 0 Å². The summed E-state index contributed by atoms with van der Waals surface area (Å²) >= 11 is 0. The third kappa shape index (κ3) is 7.51. The molecule has 0 spiro atoms. The average molecular weight is 642 g/mol. The van der Waals surface area contributed by atoms with Crippen molar-refractivity contribution in [3.05, 3.63) is 95.3 Å². The fraction of sp³-hybridized carbons (Fsp3) is 0.486. The molecule has 3 aromatic rings. The van der Waals surface area contributed by atoms with E-state index < -0.39 is 35.2 Å². The summed E-state index contributed by atoms with van der Waals surface area (Å²) in [5.74, 6) is -0.300.